The summed E-state index contributed by atoms with van der Waals surface area (Å²) in [5.41, 5.74) is 1.41. The predicted molar refractivity (Wildman–Crippen MR) is 98.4 cm³/mol. The number of nitrogens with zero attached hydrogens (tertiary/aromatic N) is 3. The number of hydrogen-bond acceptors (Lipinski definition) is 6. The van der Waals surface area contributed by atoms with Gasteiger partial charge in [-0.25, -0.2) is 14.6 Å². The maximum Gasteiger partial charge on any atom is 0.410 e. The van der Waals surface area contributed by atoms with Crippen LogP contribution in [-0.2, 0) is 16.1 Å². The van der Waals surface area contributed by atoms with Crippen LogP contribution in [0.4, 0.5) is 10.6 Å². The molecule has 27 heavy (non-hydrogen) atoms. The fraction of sp³-hybridized carbons (Fsp3) is 0.350. The van der Waals surface area contributed by atoms with Crippen molar-refractivity contribution in [3.05, 3.63) is 59.8 Å². The summed E-state index contributed by atoms with van der Waals surface area (Å²) >= 11 is 0. The number of hydrogen-bond donors (Lipinski definition) is 0. The highest BCUT2D eigenvalue weighted by Gasteiger charge is 2.46. The maximum atomic E-state index is 12.4. The number of esters is 1. The van der Waals surface area contributed by atoms with Gasteiger partial charge < -0.3 is 19.3 Å². The molecule has 2 aliphatic rings. The van der Waals surface area contributed by atoms with E-state index in [2.05, 4.69) is 9.88 Å². The molecular weight excluding hydrogens is 346 g/mol. The van der Waals surface area contributed by atoms with Gasteiger partial charge in [-0.3, -0.25) is 0 Å². The molecule has 0 N–H and O–H groups in total. The molecule has 1 amide bonds. The lowest BCUT2D eigenvalue weighted by Crippen LogP contribution is -2.49. The van der Waals surface area contributed by atoms with Crippen molar-refractivity contribution >= 4 is 17.9 Å². The third-order valence-electron chi connectivity index (χ3n) is 5.14. The van der Waals surface area contributed by atoms with Gasteiger partial charge in [-0.15, -0.1) is 0 Å². The van der Waals surface area contributed by atoms with Crippen LogP contribution in [0, 0.1) is 0 Å². The highest BCUT2D eigenvalue weighted by atomic mass is 16.6. The Labute approximate surface area is 157 Å². The number of amides is 1. The number of methoxy groups -OCH3 is 1. The summed E-state index contributed by atoms with van der Waals surface area (Å²) in [5.74, 6) is 0.414. The zero-order valence-electron chi connectivity index (χ0n) is 15.1. The second-order valence-electron chi connectivity index (χ2n) is 6.78. The summed E-state index contributed by atoms with van der Waals surface area (Å²) in [6.07, 6.45) is 2.17. The minimum absolute atomic E-state index is 0.125. The van der Waals surface area contributed by atoms with Crippen LogP contribution in [0.25, 0.3) is 0 Å². The Morgan fingerprint density at radius 2 is 1.93 bits per heavy atom. The fourth-order valence-corrected chi connectivity index (χ4v) is 3.77. The molecule has 0 aliphatic carbocycles. The molecule has 2 aliphatic heterocycles. The highest BCUT2D eigenvalue weighted by Crippen LogP contribution is 2.34. The Morgan fingerprint density at radius 3 is 2.56 bits per heavy atom. The van der Waals surface area contributed by atoms with Gasteiger partial charge in [0.1, 0.15) is 12.4 Å². The van der Waals surface area contributed by atoms with E-state index >= 15 is 0 Å². The molecule has 2 atom stereocenters. The second-order valence-corrected chi connectivity index (χ2v) is 6.78. The number of rotatable bonds is 4. The molecule has 1 aromatic carbocycles. The van der Waals surface area contributed by atoms with Gasteiger partial charge in [-0.2, -0.15) is 0 Å². The lowest BCUT2D eigenvalue weighted by molar-refractivity contribution is 0.0600. The van der Waals surface area contributed by atoms with Crippen molar-refractivity contribution in [2.75, 3.05) is 25.1 Å². The average molecular weight is 367 g/mol. The second kappa shape index (κ2) is 7.26. The zero-order chi connectivity index (χ0) is 18.8. The molecule has 3 heterocycles. The first-order valence-electron chi connectivity index (χ1n) is 8.94. The monoisotopic (exact) mass is 367 g/mol. The average Bonchev–Trinajstić information content (AvgIpc) is 3.33. The Balaban J connectivity index is 1.35. The third-order valence-corrected chi connectivity index (χ3v) is 5.14. The van der Waals surface area contributed by atoms with Crippen LogP contribution in [0.2, 0.25) is 0 Å². The number of anilines is 1. The summed E-state index contributed by atoms with van der Waals surface area (Å²) in [5, 5.41) is 0. The van der Waals surface area contributed by atoms with Gasteiger partial charge in [0, 0.05) is 19.3 Å². The molecule has 2 bridgehead atoms. The molecule has 7 nitrogen and oxygen atoms in total. The van der Waals surface area contributed by atoms with E-state index in [0.29, 0.717) is 12.1 Å². The third kappa shape index (κ3) is 3.45. The SMILES string of the molecule is COC(=O)c1ccc(N2CC3C[C@H]2CN3C(=O)OCc2ccccc2)nc1. The van der Waals surface area contributed by atoms with Gasteiger partial charge >= 0.3 is 12.1 Å². The van der Waals surface area contributed by atoms with Crippen molar-refractivity contribution in [2.24, 2.45) is 0 Å². The van der Waals surface area contributed by atoms with Gasteiger partial charge in [0.2, 0.25) is 0 Å². The standard InChI is InChI=1S/C20H21N3O4/c1-26-19(24)15-7-8-18(21-10-15)22-11-17-9-16(22)12-23(17)20(25)27-13-14-5-3-2-4-6-14/h2-8,10,16-17H,9,11-13H2,1H3/t16-,17?/m0/s1. The topological polar surface area (TPSA) is 72.0 Å². The molecule has 4 rings (SSSR count). The van der Waals surface area contributed by atoms with Gasteiger partial charge in [0.15, 0.2) is 0 Å². The number of ether oxygens (including phenoxy) is 2. The van der Waals surface area contributed by atoms with E-state index in [0.717, 1.165) is 24.3 Å². The molecule has 7 heteroatoms. The number of carbonyl (C=O) groups excluding carboxylic acids is 2. The largest absolute Gasteiger partial charge is 0.465 e. The van der Waals surface area contributed by atoms with Crippen molar-refractivity contribution in [1.82, 2.24) is 9.88 Å². The number of fused-ring (bicyclic) bond motifs is 2. The summed E-state index contributed by atoms with van der Waals surface area (Å²) in [6.45, 7) is 1.63. The van der Waals surface area contributed by atoms with Crippen molar-refractivity contribution in [2.45, 2.75) is 25.1 Å². The van der Waals surface area contributed by atoms with E-state index in [9.17, 15) is 9.59 Å². The van der Waals surface area contributed by atoms with Crippen molar-refractivity contribution < 1.29 is 19.1 Å². The number of likely N-dealkylation sites (tertiary alicyclic amines) is 1. The van der Waals surface area contributed by atoms with Gasteiger partial charge in [0.25, 0.3) is 0 Å². The van der Waals surface area contributed by atoms with Crippen molar-refractivity contribution in [3.63, 3.8) is 0 Å². The Morgan fingerprint density at radius 1 is 1.11 bits per heavy atom. The first-order chi connectivity index (χ1) is 13.2. The Hall–Kier alpha value is -3.09. The molecular formula is C20H21N3O4. The van der Waals surface area contributed by atoms with Crippen LogP contribution >= 0.6 is 0 Å². The Kier molecular flexibility index (Phi) is 4.66. The van der Waals surface area contributed by atoms with E-state index in [4.69, 9.17) is 9.47 Å². The summed E-state index contributed by atoms with van der Waals surface area (Å²) in [7, 11) is 1.35. The summed E-state index contributed by atoms with van der Waals surface area (Å²) in [6, 6.07) is 13.6. The molecule has 0 saturated carbocycles. The molecule has 140 valence electrons. The lowest BCUT2D eigenvalue weighted by atomic mass is 10.2. The highest BCUT2D eigenvalue weighted by molar-refractivity contribution is 5.89. The van der Waals surface area contributed by atoms with E-state index in [1.165, 1.54) is 13.3 Å². The van der Waals surface area contributed by atoms with E-state index in [-0.39, 0.29) is 24.8 Å². The lowest BCUT2D eigenvalue weighted by Gasteiger charge is -2.34. The number of carbonyl (C=O) groups is 2. The molecule has 2 saturated heterocycles. The van der Waals surface area contributed by atoms with Crippen LogP contribution in [-0.4, -0.2) is 54.2 Å². The number of pyridine rings is 1. The Bertz CT molecular complexity index is 825. The summed E-state index contributed by atoms with van der Waals surface area (Å²) in [4.78, 5) is 32.3. The van der Waals surface area contributed by atoms with Gasteiger partial charge in [-0.1, -0.05) is 30.3 Å². The molecule has 2 fully saturated rings. The number of benzene rings is 1. The summed E-state index contributed by atoms with van der Waals surface area (Å²) < 4.78 is 10.2. The van der Waals surface area contributed by atoms with E-state index in [1.54, 1.807) is 6.07 Å². The van der Waals surface area contributed by atoms with Crippen LogP contribution in [0.15, 0.2) is 48.7 Å². The van der Waals surface area contributed by atoms with Crippen LogP contribution in [0.3, 0.4) is 0 Å². The molecule has 1 unspecified atom stereocenters. The normalized spacial score (nSPS) is 20.6. The molecule has 2 aromatic rings. The minimum Gasteiger partial charge on any atom is -0.465 e. The van der Waals surface area contributed by atoms with E-state index in [1.807, 2.05) is 41.3 Å². The fourth-order valence-electron chi connectivity index (χ4n) is 3.77. The van der Waals surface area contributed by atoms with E-state index < -0.39 is 5.97 Å². The maximum absolute atomic E-state index is 12.4. The first-order valence-corrected chi connectivity index (χ1v) is 8.94. The molecule has 0 spiro atoms. The zero-order valence-corrected chi connectivity index (χ0v) is 15.1. The van der Waals surface area contributed by atoms with Crippen molar-refractivity contribution in [1.29, 1.82) is 0 Å². The van der Waals surface area contributed by atoms with Crippen LogP contribution in [0.1, 0.15) is 22.3 Å². The van der Waals surface area contributed by atoms with Crippen molar-refractivity contribution in [3.8, 4) is 0 Å². The van der Waals surface area contributed by atoms with Gasteiger partial charge in [0.05, 0.1) is 24.8 Å². The minimum atomic E-state index is -0.399. The van der Waals surface area contributed by atoms with Crippen LogP contribution < -0.4 is 4.90 Å². The predicted octanol–water partition coefficient (Wildman–Crippen LogP) is 2.47. The number of aromatic nitrogens is 1. The quantitative estimate of drug-likeness (QED) is 0.773. The van der Waals surface area contributed by atoms with Crippen LogP contribution in [0.5, 0.6) is 0 Å². The van der Waals surface area contributed by atoms with Gasteiger partial charge in [-0.05, 0) is 24.1 Å². The number of piperazine rings is 1. The molecule has 1 aromatic heterocycles. The smallest absolute Gasteiger partial charge is 0.410 e. The molecule has 0 radical (unpaired) electrons. The first kappa shape index (κ1) is 17.3.